The Morgan fingerprint density at radius 1 is 1.32 bits per heavy atom. The van der Waals surface area contributed by atoms with Crippen LogP contribution in [-0.2, 0) is 9.84 Å². The van der Waals surface area contributed by atoms with Crippen LogP contribution in [0, 0.1) is 11.2 Å². The largest absolute Gasteiger partial charge is 0.327 e. The maximum atomic E-state index is 13.7. The molecule has 0 bridgehead atoms. The minimum Gasteiger partial charge on any atom is -0.327 e. The molecule has 0 aliphatic heterocycles. The van der Waals surface area contributed by atoms with Crippen molar-refractivity contribution in [1.82, 2.24) is 0 Å². The molecule has 2 N–H and O–H groups in total. The van der Waals surface area contributed by atoms with Crippen LogP contribution >= 0.6 is 0 Å². The van der Waals surface area contributed by atoms with Crippen molar-refractivity contribution in [3.05, 3.63) is 30.1 Å². The summed E-state index contributed by atoms with van der Waals surface area (Å²) in [5.41, 5.74) is 5.90. The van der Waals surface area contributed by atoms with Crippen molar-refractivity contribution in [2.75, 3.05) is 0 Å². The first kappa shape index (κ1) is 14.5. The highest BCUT2D eigenvalue weighted by Crippen LogP contribution is 2.39. The number of rotatable bonds is 2. The fourth-order valence-corrected chi connectivity index (χ4v) is 4.92. The Morgan fingerprint density at radius 2 is 1.95 bits per heavy atom. The Morgan fingerprint density at radius 3 is 2.58 bits per heavy atom. The molecule has 0 aromatic heterocycles. The molecule has 1 fully saturated rings. The summed E-state index contributed by atoms with van der Waals surface area (Å²) >= 11 is 0. The Kier molecular flexibility index (Phi) is 3.71. The average Bonchev–Trinajstić information content (AvgIpc) is 2.32. The zero-order valence-corrected chi connectivity index (χ0v) is 12.1. The van der Waals surface area contributed by atoms with Gasteiger partial charge in [0.05, 0.1) is 5.25 Å². The fraction of sp³-hybridized carbons (Fsp3) is 0.571. The summed E-state index contributed by atoms with van der Waals surface area (Å²) in [5, 5.41) is -0.701. The Bertz CT molecular complexity index is 569. The Hall–Kier alpha value is -0.940. The number of benzene rings is 1. The topological polar surface area (TPSA) is 60.2 Å². The molecule has 19 heavy (non-hydrogen) atoms. The van der Waals surface area contributed by atoms with E-state index >= 15 is 0 Å². The van der Waals surface area contributed by atoms with Gasteiger partial charge in [-0.15, -0.1) is 0 Å². The maximum absolute atomic E-state index is 13.7. The molecule has 1 aromatic carbocycles. The standard InChI is InChI=1S/C14H20FNO2S/c1-14(2)8-7-11(16)13(9-14)19(17,18)12-6-4-3-5-10(12)15/h3-6,11,13H,7-9,16H2,1-2H3. The normalized spacial score (nSPS) is 27.2. The van der Waals surface area contributed by atoms with E-state index in [0.717, 1.165) is 6.42 Å². The van der Waals surface area contributed by atoms with E-state index in [1.165, 1.54) is 24.3 Å². The Labute approximate surface area is 113 Å². The molecular formula is C14H20FNO2S. The van der Waals surface area contributed by atoms with Crippen LogP contribution in [0.2, 0.25) is 0 Å². The van der Waals surface area contributed by atoms with Gasteiger partial charge in [-0.05, 0) is 36.8 Å². The van der Waals surface area contributed by atoms with E-state index in [-0.39, 0.29) is 10.3 Å². The highest BCUT2D eigenvalue weighted by molar-refractivity contribution is 7.92. The average molecular weight is 285 g/mol. The third-order valence-corrected chi connectivity index (χ3v) is 6.19. The first-order chi connectivity index (χ1) is 8.74. The maximum Gasteiger partial charge on any atom is 0.185 e. The van der Waals surface area contributed by atoms with E-state index in [1.54, 1.807) is 0 Å². The number of sulfone groups is 1. The van der Waals surface area contributed by atoms with Crippen LogP contribution in [0.5, 0.6) is 0 Å². The molecule has 0 radical (unpaired) electrons. The van der Waals surface area contributed by atoms with Crippen LogP contribution < -0.4 is 5.73 Å². The monoisotopic (exact) mass is 285 g/mol. The van der Waals surface area contributed by atoms with Gasteiger partial charge in [-0.3, -0.25) is 0 Å². The van der Waals surface area contributed by atoms with Gasteiger partial charge in [0.25, 0.3) is 0 Å². The molecule has 0 spiro atoms. The van der Waals surface area contributed by atoms with E-state index in [2.05, 4.69) is 0 Å². The van der Waals surface area contributed by atoms with Crippen LogP contribution in [0.3, 0.4) is 0 Å². The third kappa shape index (κ3) is 2.82. The molecule has 1 aromatic rings. The van der Waals surface area contributed by atoms with Crippen LogP contribution in [0.25, 0.3) is 0 Å². The molecule has 1 aliphatic carbocycles. The lowest BCUT2D eigenvalue weighted by Gasteiger charge is -2.38. The minimum atomic E-state index is -3.71. The van der Waals surface area contributed by atoms with Crippen molar-refractivity contribution in [2.45, 2.75) is 49.3 Å². The quantitative estimate of drug-likeness (QED) is 0.908. The van der Waals surface area contributed by atoms with Crippen molar-refractivity contribution in [3.63, 3.8) is 0 Å². The first-order valence-corrected chi connectivity index (χ1v) is 8.03. The van der Waals surface area contributed by atoms with Gasteiger partial charge in [-0.1, -0.05) is 26.0 Å². The van der Waals surface area contributed by atoms with Crippen molar-refractivity contribution in [2.24, 2.45) is 11.1 Å². The number of hydrogen-bond donors (Lipinski definition) is 1. The van der Waals surface area contributed by atoms with Gasteiger partial charge in [-0.2, -0.15) is 0 Å². The van der Waals surface area contributed by atoms with Gasteiger partial charge in [0.15, 0.2) is 9.84 Å². The molecule has 2 unspecified atom stereocenters. The second-order valence-corrected chi connectivity index (χ2v) is 8.22. The predicted molar refractivity (Wildman–Crippen MR) is 73.0 cm³/mol. The molecule has 0 amide bonds. The first-order valence-electron chi connectivity index (χ1n) is 6.48. The molecule has 5 heteroatoms. The molecule has 0 heterocycles. The summed E-state index contributed by atoms with van der Waals surface area (Å²) in [6.45, 7) is 4.06. The van der Waals surface area contributed by atoms with E-state index < -0.39 is 26.9 Å². The number of hydrogen-bond acceptors (Lipinski definition) is 3. The molecule has 1 aliphatic rings. The lowest BCUT2D eigenvalue weighted by atomic mass is 9.75. The Balaban J connectivity index is 2.42. The van der Waals surface area contributed by atoms with Crippen LogP contribution in [0.4, 0.5) is 4.39 Å². The van der Waals surface area contributed by atoms with E-state index in [0.29, 0.717) is 12.8 Å². The lowest BCUT2D eigenvalue weighted by molar-refractivity contribution is 0.227. The van der Waals surface area contributed by atoms with Gasteiger partial charge in [0.1, 0.15) is 10.7 Å². The zero-order valence-electron chi connectivity index (χ0n) is 11.3. The van der Waals surface area contributed by atoms with Gasteiger partial charge < -0.3 is 5.73 Å². The zero-order chi connectivity index (χ0) is 14.3. The molecule has 3 nitrogen and oxygen atoms in total. The summed E-state index contributed by atoms with van der Waals surface area (Å²) in [5.74, 6) is -0.696. The van der Waals surface area contributed by atoms with Gasteiger partial charge in [-0.25, -0.2) is 12.8 Å². The SMILES string of the molecule is CC1(C)CCC(N)C(S(=O)(=O)c2ccccc2F)C1. The summed E-state index contributed by atoms with van der Waals surface area (Å²) < 4.78 is 38.9. The molecule has 2 rings (SSSR count). The third-order valence-electron chi connectivity index (χ3n) is 3.93. The highest BCUT2D eigenvalue weighted by atomic mass is 32.2. The van der Waals surface area contributed by atoms with Gasteiger partial charge >= 0.3 is 0 Å². The summed E-state index contributed by atoms with van der Waals surface area (Å²) in [4.78, 5) is -0.229. The number of halogens is 1. The molecular weight excluding hydrogens is 265 g/mol. The van der Waals surface area contributed by atoms with Crippen molar-refractivity contribution >= 4 is 9.84 Å². The van der Waals surface area contributed by atoms with E-state index in [4.69, 9.17) is 5.73 Å². The molecule has 106 valence electrons. The lowest BCUT2D eigenvalue weighted by Crippen LogP contribution is -2.47. The fourth-order valence-electron chi connectivity index (χ4n) is 2.72. The summed E-state index contributed by atoms with van der Waals surface area (Å²) in [6, 6.07) is 5.09. The second-order valence-electron chi connectivity index (χ2n) is 6.08. The molecule has 0 saturated heterocycles. The highest BCUT2D eigenvalue weighted by Gasteiger charge is 2.41. The van der Waals surface area contributed by atoms with Crippen LogP contribution in [0.1, 0.15) is 33.1 Å². The predicted octanol–water partition coefficient (Wildman–Crippen LogP) is 2.51. The van der Waals surface area contributed by atoms with Crippen LogP contribution in [0.15, 0.2) is 29.2 Å². The van der Waals surface area contributed by atoms with E-state index in [1.807, 2.05) is 13.8 Å². The van der Waals surface area contributed by atoms with Crippen LogP contribution in [-0.4, -0.2) is 19.7 Å². The van der Waals surface area contributed by atoms with Gasteiger partial charge in [0.2, 0.25) is 0 Å². The molecule has 2 atom stereocenters. The van der Waals surface area contributed by atoms with Gasteiger partial charge in [0, 0.05) is 6.04 Å². The van der Waals surface area contributed by atoms with Crippen molar-refractivity contribution in [1.29, 1.82) is 0 Å². The van der Waals surface area contributed by atoms with E-state index in [9.17, 15) is 12.8 Å². The minimum absolute atomic E-state index is 0.0706. The summed E-state index contributed by atoms with van der Waals surface area (Å²) in [6.07, 6.45) is 2.04. The smallest absolute Gasteiger partial charge is 0.185 e. The summed E-state index contributed by atoms with van der Waals surface area (Å²) in [7, 11) is -3.71. The van der Waals surface area contributed by atoms with Crippen molar-refractivity contribution in [3.8, 4) is 0 Å². The molecule has 1 saturated carbocycles. The van der Waals surface area contributed by atoms with Crippen molar-refractivity contribution < 1.29 is 12.8 Å². The number of nitrogens with two attached hydrogens (primary N) is 1. The second kappa shape index (κ2) is 4.87.